The van der Waals surface area contributed by atoms with Gasteiger partial charge in [0.25, 0.3) is 0 Å². The Balaban J connectivity index is 1.83. The van der Waals surface area contributed by atoms with Gasteiger partial charge in [-0.15, -0.1) is 0 Å². The van der Waals surface area contributed by atoms with E-state index in [1.165, 1.54) is 31.4 Å². The van der Waals surface area contributed by atoms with Crippen molar-refractivity contribution in [1.82, 2.24) is 10.2 Å². The number of piperidine rings is 1. The third kappa shape index (κ3) is 4.84. The molecule has 0 aliphatic carbocycles. The smallest absolute Gasteiger partial charge is 0.119 e. The minimum absolute atomic E-state index is 0.661. The highest BCUT2D eigenvalue weighted by atomic mass is 16.5. The first-order valence-corrected chi connectivity index (χ1v) is 7.41. The second-order valence-corrected chi connectivity index (χ2v) is 5.42. The molecule has 106 valence electrons. The molecule has 0 saturated carbocycles. The SMILES string of the molecule is CCOc1cccc(CN(C)CC2CCCCN2)c1. The highest BCUT2D eigenvalue weighted by molar-refractivity contribution is 5.28. The molecule has 0 aromatic heterocycles. The van der Waals surface area contributed by atoms with Crippen LogP contribution in [0.1, 0.15) is 31.7 Å². The van der Waals surface area contributed by atoms with Gasteiger partial charge in [0.1, 0.15) is 5.75 Å². The Labute approximate surface area is 116 Å². The zero-order chi connectivity index (χ0) is 13.5. The molecule has 1 unspecified atom stereocenters. The van der Waals surface area contributed by atoms with Gasteiger partial charge in [0, 0.05) is 19.1 Å². The molecule has 1 atom stereocenters. The van der Waals surface area contributed by atoms with Crippen LogP contribution in [0.2, 0.25) is 0 Å². The zero-order valence-electron chi connectivity index (χ0n) is 12.2. The molecule has 19 heavy (non-hydrogen) atoms. The molecule has 1 aromatic carbocycles. The van der Waals surface area contributed by atoms with E-state index in [0.717, 1.165) is 25.4 Å². The number of nitrogens with one attached hydrogen (secondary N) is 1. The number of ether oxygens (including phenoxy) is 1. The van der Waals surface area contributed by atoms with Crippen LogP contribution < -0.4 is 10.1 Å². The molecule has 1 heterocycles. The fraction of sp³-hybridized carbons (Fsp3) is 0.625. The predicted octanol–water partition coefficient (Wildman–Crippen LogP) is 2.66. The fourth-order valence-corrected chi connectivity index (χ4v) is 2.73. The van der Waals surface area contributed by atoms with E-state index in [1.54, 1.807) is 0 Å². The largest absolute Gasteiger partial charge is 0.494 e. The first kappa shape index (κ1) is 14.4. The second-order valence-electron chi connectivity index (χ2n) is 5.42. The summed E-state index contributed by atoms with van der Waals surface area (Å²) in [7, 11) is 2.20. The Hall–Kier alpha value is -1.06. The topological polar surface area (TPSA) is 24.5 Å². The minimum Gasteiger partial charge on any atom is -0.494 e. The average Bonchev–Trinajstić information content (AvgIpc) is 2.40. The summed E-state index contributed by atoms with van der Waals surface area (Å²) in [4.78, 5) is 2.40. The Morgan fingerprint density at radius 1 is 1.37 bits per heavy atom. The van der Waals surface area contributed by atoms with Gasteiger partial charge in [-0.1, -0.05) is 18.6 Å². The first-order valence-electron chi connectivity index (χ1n) is 7.41. The van der Waals surface area contributed by atoms with Gasteiger partial charge in [0.15, 0.2) is 0 Å². The van der Waals surface area contributed by atoms with Gasteiger partial charge in [-0.2, -0.15) is 0 Å². The van der Waals surface area contributed by atoms with E-state index in [9.17, 15) is 0 Å². The first-order chi connectivity index (χ1) is 9.28. The summed E-state index contributed by atoms with van der Waals surface area (Å²) in [6.07, 6.45) is 4.01. The van der Waals surface area contributed by atoms with Crippen LogP contribution in [0.25, 0.3) is 0 Å². The number of hydrogen-bond acceptors (Lipinski definition) is 3. The maximum atomic E-state index is 5.55. The van der Waals surface area contributed by atoms with Crippen LogP contribution in [0.5, 0.6) is 5.75 Å². The van der Waals surface area contributed by atoms with Crippen LogP contribution in [0.15, 0.2) is 24.3 Å². The predicted molar refractivity (Wildman–Crippen MR) is 79.6 cm³/mol. The van der Waals surface area contributed by atoms with Gasteiger partial charge >= 0.3 is 0 Å². The molecule has 2 rings (SSSR count). The molecular formula is C16H26N2O. The molecule has 1 aliphatic heterocycles. The van der Waals surface area contributed by atoms with Crippen LogP contribution in [0, 0.1) is 0 Å². The average molecular weight is 262 g/mol. The molecule has 3 nitrogen and oxygen atoms in total. The quantitative estimate of drug-likeness (QED) is 0.853. The molecule has 3 heteroatoms. The van der Waals surface area contributed by atoms with Crippen LogP contribution in [-0.4, -0.2) is 37.7 Å². The third-order valence-electron chi connectivity index (χ3n) is 3.61. The summed E-state index contributed by atoms with van der Waals surface area (Å²) in [5.41, 5.74) is 1.32. The molecular weight excluding hydrogens is 236 g/mol. The zero-order valence-corrected chi connectivity index (χ0v) is 12.2. The molecule has 1 fully saturated rings. The summed E-state index contributed by atoms with van der Waals surface area (Å²) < 4.78 is 5.55. The van der Waals surface area contributed by atoms with Crippen molar-refractivity contribution in [2.75, 3.05) is 26.7 Å². The Morgan fingerprint density at radius 3 is 3.00 bits per heavy atom. The highest BCUT2D eigenvalue weighted by Crippen LogP contribution is 2.15. The summed E-state index contributed by atoms with van der Waals surface area (Å²) in [5, 5.41) is 3.60. The van der Waals surface area contributed by atoms with Gasteiger partial charge in [-0.05, 0) is 51.1 Å². The molecule has 1 N–H and O–H groups in total. The van der Waals surface area contributed by atoms with Crippen molar-refractivity contribution in [2.45, 2.75) is 38.8 Å². The van der Waals surface area contributed by atoms with Crippen LogP contribution in [0.3, 0.4) is 0 Å². The normalized spacial score (nSPS) is 19.6. The van der Waals surface area contributed by atoms with Crippen molar-refractivity contribution in [3.8, 4) is 5.75 Å². The van der Waals surface area contributed by atoms with Gasteiger partial charge < -0.3 is 15.0 Å². The lowest BCUT2D eigenvalue weighted by molar-refractivity contribution is 0.256. The third-order valence-corrected chi connectivity index (χ3v) is 3.61. The van der Waals surface area contributed by atoms with E-state index >= 15 is 0 Å². The Bertz CT molecular complexity index is 375. The Morgan fingerprint density at radius 2 is 2.26 bits per heavy atom. The van der Waals surface area contributed by atoms with E-state index < -0.39 is 0 Å². The number of rotatable bonds is 6. The van der Waals surface area contributed by atoms with E-state index in [1.807, 2.05) is 13.0 Å². The van der Waals surface area contributed by atoms with Crippen LogP contribution in [-0.2, 0) is 6.54 Å². The van der Waals surface area contributed by atoms with Crippen molar-refractivity contribution >= 4 is 0 Å². The van der Waals surface area contributed by atoms with E-state index in [2.05, 4.69) is 35.5 Å². The van der Waals surface area contributed by atoms with Gasteiger partial charge in [-0.25, -0.2) is 0 Å². The van der Waals surface area contributed by atoms with Gasteiger partial charge in [-0.3, -0.25) is 0 Å². The van der Waals surface area contributed by atoms with Crippen LogP contribution in [0.4, 0.5) is 0 Å². The standard InChI is InChI=1S/C16H26N2O/c1-3-19-16-9-6-7-14(11-16)12-18(2)13-15-8-4-5-10-17-15/h6-7,9,11,15,17H,3-5,8,10,12-13H2,1-2H3. The Kier molecular flexibility index (Phi) is 5.67. The van der Waals surface area contributed by atoms with Crippen molar-refractivity contribution in [3.63, 3.8) is 0 Å². The molecule has 1 aliphatic rings. The van der Waals surface area contributed by atoms with E-state index in [-0.39, 0.29) is 0 Å². The number of likely N-dealkylation sites (N-methyl/N-ethyl adjacent to an activating group) is 1. The highest BCUT2D eigenvalue weighted by Gasteiger charge is 2.14. The van der Waals surface area contributed by atoms with Crippen molar-refractivity contribution < 1.29 is 4.74 Å². The molecule has 0 bridgehead atoms. The number of nitrogens with zero attached hydrogens (tertiary/aromatic N) is 1. The van der Waals surface area contributed by atoms with Crippen LogP contribution >= 0.6 is 0 Å². The van der Waals surface area contributed by atoms with E-state index in [0.29, 0.717) is 6.04 Å². The molecule has 0 amide bonds. The lowest BCUT2D eigenvalue weighted by Gasteiger charge is -2.28. The van der Waals surface area contributed by atoms with Crippen molar-refractivity contribution in [3.05, 3.63) is 29.8 Å². The summed E-state index contributed by atoms with van der Waals surface area (Å²) in [6, 6.07) is 9.08. The minimum atomic E-state index is 0.661. The molecule has 1 saturated heterocycles. The number of hydrogen-bond donors (Lipinski definition) is 1. The maximum Gasteiger partial charge on any atom is 0.119 e. The van der Waals surface area contributed by atoms with E-state index in [4.69, 9.17) is 4.74 Å². The molecule has 0 radical (unpaired) electrons. The molecule has 1 aromatic rings. The van der Waals surface area contributed by atoms with Gasteiger partial charge in [0.2, 0.25) is 0 Å². The van der Waals surface area contributed by atoms with Crippen molar-refractivity contribution in [2.24, 2.45) is 0 Å². The van der Waals surface area contributed by atoms with Gasteiger partial charge in [0.05, 0.1) is 6.61 Å². The summed E-state index contributed by atoms with van der Waals surface area (Å²) >= 11 is 0. The van der Waals surface area contributed by atoms with Crippen molar-refractivity contribution in [1.29, 1.82) is 0 Å². The molecule has 0 spiro atoms. The lowest BCUT2D eigenvalue weighted by Crippen LogP contribution is -2.42. The summed E-state index contributed by atoms with van der Waals surface area (Å²) in [5.74, 6) is 0.976. The second kappa shape index (κ2) is 7.51. The maximum absolute atomic E-state index is 5.55. The number of benzene rings is 1. The fourth-order valence-electron chi connectivity index (χ4n) is 2.73. The summed E-state index contributed by atoms with van der Waals surface area (Å²) in [6.45, 7) is 6.04. The monoisotopic (exact) mass is 262 g/mol. The lowest BCUT2D eigenvalue weighted by atomic mass is 10.0.